The Bertz CT molecular complexity index is 1540. The lowest BCUT2D eigenvalue weighted by Crippen LogP contribution is -2.52. The molecule has 4 aromatic rings. The van der Waals surface area contributed by atoms with Gasteiger partial charge in [0, 0.05) is 48.9 Å². The topological polar surface area (TPSA) is 68.3 Å². The molecule has 1 aliphatic rings. The number of hydrogen-bond donors (Lipinski definition) is 2. The van der Waals surface area contributed by atoms with E-state index < -0.39 is 34.7 Å². The number of aromatic hydroxyl groups is 1. The van der Waals surface area contributed by atoms with Crippen molar-refractivity contribution in [2.75, 3.05) is 30.8 Å². The molecule has 0 radical (unpaired) electrons. The molecule has 1 saturated heterocycles. The van der Waals surface area contributed by atoms with Crippen molar-refractivity contribution >= 4 is 32.8 Å². The van der Waals surface area contributed by atoms with Crippen LogP contribution < -0.4 is 4.90 Å². The van der Waals surface area contributed by atoms with Gasteiger partial charge in [-0.3, -0.25) is 5.10 Å². The van der Waals surface area contributed by atoms with E-state index in [4.69, 9.17) is 0 Å². The van der Waals surface area contributed by atoms with Gasteiger partial charge in [-0.1, -0.05) is 35.7 Å². The largest absolute Gasteiger partial charge is 0.503 e. The minimum absolute atomic E-state index is 0.0107. The minimum Gasteiger partial charge on any atom is -0.503 e. The summed E-state index contributed by atoms with van der Waals surface area (Å²) in [7, 11) is -0.0107. The number of alkyl halides is 3. The second kappa shape index (κ2) is 10.6. The number of halogens is 5. The van der Waals surface area contributed by atoms with Gasteiger partial charge in [-0.15, -0.1) is 10.7 Å². The summed E-state index contributed by atoms with van der Waals surface area (Å²) in [6, 6.07) is 12.5. The molecule has 0 saturated carbocycles. The Balaban J connectivity index is 1.47. The van der Waals surface area contributed by atoms with E-state index in [1.54, 1.807) is 6.07 Å². The molecular weight excluding hydrogens is 537 g/mol. The quantitative estimate of drug-likeness (QED) is 0.231. The first kappa shape index (κ1) is 27.1. The zero-order valence-electron chi connectivity index (χ0n) is 21.1. The third-order valence-corrected chi connectivity index (χ3v) is 8.85. The normalized spacial score (nSPS) is 17.7. The van der Waals surface area contributed by atoms with Gasteiger partial charge in [0.1, 0.15) is 11.5 Å². The summed E-state index contributed by atoms with van der Waals surface area (Å²) in [6.07, 6.45) is -0.679. The predicted molar refractivity (Wildman–Crippen MR) is 144 cm³/mol. The van der Waals surface area contributed by atoms with E-state index in [1.165, 1.54) is 11.8 Å². The van der Waals surface area contributed by atoms with Crippen LogP contribution in [0.25, 0.3) is 22.2 Å². The molecule has 3 heterocycles. The zero-order chi connectivity index (χ0) is 27.9. The van der Waals surface area contributed by atoms with E-state index in [0.29, 0.717) is 30.5 Å². The Morgan fingerprint density at radius 2 is 1.87 bits per heavy atom. The fourth-order valence-electron chi connectivity index (χ4n) is 4.90. The van der Waals surface area contributed by atoms with Crippen molar-refractivity contribution in [1.82, 2.24) is 19.5 Å². The number of anilines is 1. The van der Waals surface area contributed by atoms with Crippen molar-refractivity contribution in [3.05, 3.63) is 71.4 Å². The van der Waals surface area contributed by atoms with Gasteiger partial charge in [0.05, 0.1) is 11.1 Å². The van der Waals surface area contributed by atoms with Crippen LogP contribution >= 0.6 is 10.7 Å². The first-order valence-electron chi connectivity index (χ1n) is 12.2. The Morgan fingerprint density at radius 1 is 1.13 bits per heavy atom. The lowest BCUT2D eigenvalue weighted by atomic mass is 10.0. The molecule has 0 amide bonds. The highest BCUT2D eigenvalue weighted by molar-refractivity contribution is 8.12. The average molecular weight is 564 g/mol. The van der Waals surface area contributed by atoms with Crippen LogP contribution in [0, 0.1) is 11.6 Å². The van der Waals surface area contributed by atoms with E-state index in [-0.39, 0.29) is 27.8 Å². The molecule has 0 aliphatic carbocycles. The van der Waals surface area contributed by atoms with Crippen molar-refractivity contribution < 1.29 is 27.1 Å². The standard InChI is InChI=1S/C27H26F5N5OS/c1-3-39(2)37-10-9-36(15-17(37)11-16-7-5-4-6-8-16)22-13-21-19(14-33-22)25(35-34-21)18-12-20(27(30,31)32)24(29)26(38)23(18)28/h3-8,12-14,17,38H,9-11,15H2,1-2H3,(H,34,35)/t17-,39?/m0/s1. The van der Waals surface area contributed by atoms with Gasteiger partial charge in [0.25, 0.3) is 0 Å². The zero-order valence-corrected chi connectivity index (χ0v) is 22.0. The van der Waals surface area contributed by atoms with E-state index in [1.807, 2.05) is 18.2 Å². The van der Waals surface area contributed by atoms with Crippen molar-refractivity contribution in [2.45, 2.75) is 25.6 Å². The van der Waals surface area contributed by atoms with Gasteiger partial charge in [0.15, 0.2) is 17.4 Å². The SMILES string of the molecule is C/C=S(\C)N1CCN(c2cc3[nH]nc(-c4cc(C(F)(F)F)c(F)c(O)c4F)c3cn2)C[C@@H]1Cc1ccccc1. The highest BCUT2D eigenvalue weighted by atomic mass is 32.2. The summed E-state index contributed by atoms with van der Waals surface area (Å²) < 4.78 is 71.0. The van der Waals surface area contributed by atoms with Crippen molar-refractivity contribution in [3.63, 3.8) is 0 Å². The molecule has 1 aliphatic heterocycles. The first-order valence-corrected chi connectivity index (χ1v) is 13.9. The number of aromatic nitrogens is 3. The number of pyridine rings is 1. The number of phenolic OH excluding ortho intramolecular Hbond substituents is 1. The maximum absolute atomic E-state index is 14.7. The average Bonchev–Trinajstić information content (AvgIpc) is 3.34. The first-order chi connectivity index (χ1) is 18.6. The van der Waals surface area contributed by atoms with Gasteiger partial charge in [-0.2, -0.15) is 18.3 Å². The second-order valence-electron chi connectivity index (χ2n) is 9.30. The molecule has 5 rings (SSSR count). The number of rotatable bonds is 5. The van der Waals surface area contributed by atoms with Gasteiger partial charge >= 0.3 is 6.18 Å². The number of piperazine rings is 1. The van der Waals surface area contributed by atoms with Crippen LogP contribution in [0.2, 0.25) is 0 Å². The van der Waals surface area contributed by atoms with E-state index in [9.17, 15) is 27.1 Å². The number of fused-ring (bicyclic) bond motifs is 1. The van der Waals surface area contributed by atoms with Crippen LogP contribution in [0.4, 0.5) is 27.8 Å². The maximum Gasteiger partial charge on any atom is 0.419 e. The fourth-order valence-corrected chi connectivity index (χ4v) is 6.15. The molecule has 6 nitrogen and oxygen atoms in total. The summed E-state index contributed by atoms with van der Waals surface area (Å²) in [6.45, 7) is 4.29. The van der Waals surface area contributed by atoms with Crippen LogP contribution in [0.15, 0.2) is 48.7 Å². The van der Waals surface area contributed by atoms with Crippen LogP contribution in [0.3, 0.4) is 0 Å². The summed E-state index contributed by atoms with van der Waals surface area (Å²) in [5.74, 6) is -4.66. The molecular formula is C27H26F5N5OS. The highest BCUT2D eigenvalue weighted by Gasteiger charge is 2.38. The Hall–Kier alpha value is -3.51. The molecule has 2 aromatic heterocycles. The highest BCUT2D eigenvalue weighted by Crippen LogP contribution is 2.41. The Kier molecular flexibility index (Phi) is 7.34. The number of nitrogens with one attached hydrogen (secondary N) is 1. The van der Waals surface area contributed by atoms with E-state index in [2.05, 4.69) is 55.1 Å². The Morgan fingerprint density at radius 3 is 2.56 bits per heavy atom. The third-order valence-electron chi connectivity index (χ3n) is 6.95. The lowest BCUT2D eigenvalue weighted by molar-refractivity contribution is -0.140. The second-order valence-corrected chi connectivity index (χ2v) is 11.3. The summed E-state index contributed by atoms with van der Waals surface area (Å²) in [5, 5.41) is 18.9. The maximum atomic E-state index is 14.7. The number of hydrogen-bond acceptors (Lipinski definition) is 5. The van der Waals surface area contributed by atoms with E-state index >= 15 is 0 Å². The molecule has 0 bridgehead atoms. The molecule has 2 N–H and O–H groups in total. The number of H-pyrrole nitrogens is 1. The third kappa shape index (κ3) is 5.22. The number of nitrogens with zero attached hydrogens (tertiary/aromatic N) is 4. The number of aromatic amines is 1. The number of benzene rings is 2. The van der Waals surface area contributed by atoms with Crippen molar-refractivity contribution in [2.24, 2.45) is 0 Å². The summed E-state index contributed by atoms with van der Waals surface area (Å²) in [4.78, 5) is 6.66. The molecule has 206 valence electrons. The molecule has 2 atom stereocenters. The van der Waals surface area contributed by atoms with Crippen LogP contribution in [0.5, 0.6) is 5.75 Å². The predicted octanol–water partition coefficient (Wildman–Crippen LogP) is 6.00. The van der Waals surface area contributed by atoms with Crippen molar-refractivity contribution in [3.8, 4) is 17.0 Å². The molecule has 1 unspecified atom stereocenters. The molecule has 1 fully saturated rings. The van der Waals surface area contributed by atoms with Crippen molar-refractivity contribution in [1.29, 1.82) is 0 Å². The smallest absolute Gasteiger partial charge is 0.419 e. The van der Waals surface area contributed by atoms with Crippen LogP contribution in [-0.4, -0.2) is 61.9 Å². The van der Waals surface area contributed by atoms with Gasteiger partial charge < -0.3 is 10.0 Å². The monoisotopic (exact) mass is 563 g/mol. The number of phenols is 1. The van der Waals surface area contributed by atoms with Gasteiger partial charge in [-0.25, -0.2) is 18.1 Å². The minimum atomic E-state index is -5.13. The van der Waals surface area contributed by atoms with Gasteiger partial charge in [-0.05, 0) is 31.2 Å². The fraction of sp³-hybridized carbons (Fsp3) is 0.296. The van der Waals surface area contributed by atoms with Gasteiger partial charge in [0.2, 0.25) is 0 Å². The molecule has 12 heteroatoms. The molecule has 39 heavy (non-hydrogen) atoms. The Labute approximate surface area is 224 Å². The summed E-state index contributed by atoms with van der Waals surface area (Å²) in [5.41, 5.74) is -1.01. The van der Waals surface area contributed by atoms with Crippen LogP contribution in [0.1, 0.15) is 18.1 Å². The van der Waals surface area contributed by atoms with Crippen LogP contribution in [-0.2, 0) is 12.6 Å². The molecule has 0 spiro atoms. The lowest BCUT2D eigenvalue weighted by Gasteiger charge is -2.42. The molecule has 2 aromatic carbocycles. The summed E-state index contributed by atoms with van der Waals surface area (Å²) >= 11 is 0. The van der Waals surface area contributed by atoms with E-state index in [0.717, 1.165) is 13.0 Å².